The summed E-state index contributed by atoms with van der Waals surface area (Å²) in [6, 6.07) is 20.3. The Bertz CT molecular complexity index is 974. The molecule has 28 heavy (non-hydrogen) atoms. The first kappa shape index (κ1) is 19.8. The summed E-state index contributed by atoms with van der Waals surface area (Å²) in [6.07, 6.45) is 0. The fraction of sp³-hybridized carbons (Fsp3) is 0.0476. The van der Waals surface area contributed by atoms with E-state index in [1.807, 2.05) is 30.3 Å². The topological polar surface area (TPSA) is 75.6 Å². The van der Waals surface area contributed by atoms with Crippen LogP contribution in [0.2, 0.25) is 5.02 Å². The summed E-state index contributed by atoms with van der Waals surface area (Å²) in [5.41, 5.74) is 0.873. The van der Waals surface area contributed by atoms with E-state index in [1.165, 1.54) is 36.0 Å². The van der Waals surface area contributed by atoms with Crippen molar-refractivity contribution in [2.45, 2.75) is 9.79 Å². The van der Waals surface area contributed by atoms with Gasteiger partial charge in [-0.05, 0) is 60.7 Å². The third-order valence-corrected chi connectivity index (χ3v) is 4.98. The number of anilines is 1. The number of halogens is 1. The lowest BCUT2D eigenvalue weighted by Crippen LogP contribution is -2.21. The summed E-state index contributed by atoms with van der Waals surface area (Å²) in [5.74, 6) is -1.04. The number of carbonyl (C=O) groups is 2. The molecular formula is C21H16ClNO4S. The van der Waals surface area contributed by atoms with E-state index < -0.39 is 18.5 Å². The summed E-state index contributed by atoms with van der Waals surface area (Å²) < 4.78 is 5.02. The average molecular weight is 414 g/mol. The number of ether oxygens (including phenoxy) is 1. The quantitative estimate of drug-likeness (QED) is 0.556. The predicted octanol–water partition coefficient (Wildman–Crippen LogP) is 4.99. The molecule has 1 amide bonds. The zero-order valence-electron chi connectivity index (χ0n) is 14.6. The number of amides is 1. The fourth-order valence-electron chi connectivity index (χ4n) is 2.29. The lowest BCUT2D eigenvalue weighted by Gasteiger charge is -2.11. The van der Waals surface area contributed by atoms with Crippen LogP contribution in [0.15, 0.2) is 82.6 Å². The number of rotatable bonds is 6. The van der Waals surface area contributed by atoms with Gasteiger partial charge in [0.25, 0.3) is 5.91 Å². The molecule has 0 heterocycles. The normalized spacial score (nSPS) is 10.3. The van der Waals surface area contributed by atoms with Crippen molar-refractivity contribution in [3.8, 4) is 5.75 Å². The SMILES string of the molecule is O=C(COC(=O)c1ccc(O)cc1)Nc1ccccc1Sc1ccc(Cl)cc1. The van der Waals surface area contributed by atoms with Gasteiger partial charge in [-0.2, -0.15) is 0 Å². The van der Waals surface area contributed by atoms with Crippen molar-refractivity contribution in [1.82, 2.24) is 0 Å². The molecule has 5 nitrogen and oxygen atoms in total. The number of benzene rings is 3. The molecule has 0 saturated heterocycles. The molecule has 0 radical (unpaired) electrons. The standard InChI is InChI=1S/C21H16ClNO4S/c22-15-7-11-17(12-8-15)28-19-4-2-1-3-18(19)23-20(25)13-27-21(26)14-5-9-16(24)10-6-14/h1-12,24H,13H2,(H,23,25). The first-order chi connectivity index (χ1) is 13.5. The van der Waals surface area contributed by atoms with Gasteiger partial charge in [0.05, 0.1) is 11.3 Å². The number of para-hydroxylation sites is 1. The molecule has 3 aromatic carbocycles. The van der Waals surface area contributed by atoms with Crippen molar-refractivity contribution in [1.29, 1.82) is 0 Å². The molecule has 0 atom stereocenters. The van der Waals surface area contributed by atoms with Crippen LogP contribution < -0.4 is 5.32 Å². The lowest BCUT2D eigenvalue weighted by atomic mass is 10.2. The number of aromatic hydroxyl groups is 1. The van der Waals surface area contributed by atoms with Crippen LogP contribution in [0, 0.1) is 0 Å². The minimum Gasteiger partial charge on any atom is -0.508 e. The van der Waals surface area contributed by atoms with Gasteiger partial charge in [-0.25, -0.2) is 4.79 Å². The second-order valence-electron chi connectivity index (χ2n) is 5.72. The van der Waals surface area contributed by atoms with Crippen LogP contribution in [0.1, 0.15) is 10.4 Å². The summed E-state index contributed by atoms with van der Waals surface area (Å²) in [4.78, 5) is 26.0. The highest BCUT2D eigenvalue weighted by molar-refractivity contribution is 7.99. The minimum absolute atomic E-state index is 0.0455. The van der Waals surface area contributed by atoms with Gasteiger partial charge in [0.1, 0.15) is 5.75 Å². The number of phenolic OH excluding ortho intramolecular Hbond substituents is 1. The Labute approximate surface area is 171 Å². The van der Waals surface area contributed by atoms with Gasteiger partial charge in [-0.3, -0.25) is 4.79 Å². The lowest BCUT2D eigenvalue weighted by molar-refractivity contribution is -0.119. The highest BCUT2D eigenvalue weighted by Gasteiger charge is 2.12. The fourth-order valence-corrected chi connectivity index (χ4v) is 3.31. The molecule has 0 aliphatic heterocycles. The molecule has 0 bridgehead atoms. The Hall–Kier alpha value is -2.96. The molecular weight excluding hydrogens is 398 g/mol. The van der Waals surface area contributed by atoms with Crippen molar-refractivity contribution < 1.29 is 19.4 Å². The maximum absolute atomic E-state index is 12.2. The van der Waals surface area contributed by atoms with E-state index in [2.05, 4.69) is 5.32 Å². The van der Waals surface area contributed by atoms with E-state index in [0.717, 1.165) is 9.79 Å². The maximum atomic E-state index is 12.2. The number of phenols is 1. The Morgan fingerprint density at radius 2 is 1.64 bits per heavy atom. The van der Waals surface area contributed by atoms with E-state index in [4.69, 9.17) is 16.3 Å². The molecule has 3 aromatic rings. The Kier molecular flexibility index (Phi) is 6.57. The molecule has 142 valence electrons. The van der Waals surface area contributed by atoms with E-state index in [-0.39, 0.29) is 11.3 Å². The number of nitrogens with one attached hydrogen (secondary N) is 1. The van der Waals surface area contributed by atoms with Crippen LogP contribution in [-0.2, 0) is 9.53 Å². The van der Waals surface area contributed by atoms with Gasteiger partial charge in [0, 0.05) is 14.8 Å². The number of hydrogen-bond donors (Lipinski definition) is 2. The third kappa shape index (κ3) is 5.52. The van der Waals surface area contributed by atoms with Crippen LogP contribution in [0.4, 0.5) is 5.69 Å². The minimum atomic E-state index is -0.640. The predicted molar refractivity (Wildman–Crippen MR) is 109 cm³/mol. The summed E-state index contributed by atoms with van der Waals surface area (Å²) >= 11 is 7.39. The van der Waals surface area contributed by atoms with Gasteiger partial charge in [-0.15, -0.1) is 0 Å². The van der Waals surface area contributed by atoms with Gasteiger partial charge in [0.2, 0.25) is 0 Å². The summed E-state index contributed by atoms with van der Waals surface area (Å²) in [7, 11) is 0. The molecule has 0 fully saturated rings. The van der Waals surface area contributed by atoms with Crippen molar-refractivity contribution in [2.75, 3.05) is 11.9 Å². The molecule has 0 aliphatic carbocycles. The molecule has 0 unspecified atom stereocenters. The molecule has 0 aromatic heterocycles. The third-order valence-electron chi connectivity index (χ3n) is 3.64. The highest BCUT2D eigenvalue weighted by Crippen LogP contribution is 2.33. The van der Waals surface area contributed by atoms with Crippen molar-refractivity contribution in [3.63, 3.8) is 0 Å². The molecule has 3 rings (SSSR count). The zero-order valence-corrected chi connectivity index (χ0v) is 16.2. The highest BCUT2D eigenvalue weighted by atomic mass is 35.5. The van der Waals surface area contributed by atoms with Crippen LogP contribution in [-0.4, -0.2) is 23.6 Å². The monoisotopic (exact) mass is 413 g/mol. The Morgan fingerprint density at radius 3 is 2.36 bits per heavy atom. The van der Waals surface area contributed by atoms with Crippen molar-refractivity contribution in [2.24, 2.45) is 0 Å². The Morgan fingerprint density at radius 1 is 0.964 bits per heavy atom. The summed E-state index contributed by atoms with van der Waals surface area (Å²) in [6.45, 7) is -0.417. The number of carbonyl (C=O) groups excluding carboxylic acids is 2. The number of hydrogen-bond acceptors (Lipinski definition) is 5. The van der Waals surface area contributed by atoms with Crippen LogP contribution in [0.3, 0.4) is 0 Å². The van der Waals surface area contributed by atoms with Gasteiger partial charge >= 0.3 is 5.97 Å². The zero-order chi connectivity index (χ0) is 19.9. The first-order valence-electron chi connectivity index (χ1n) is 8.30. The second-order valence-corrected chi connectivity index (χ2v) is 7.28. The van der Waals surface area contributed by atoms with Crippen molar-refractivity contribution >= 4 is 40.9 Å². The first-order valence-corrected chi connectivity index (χ1v) is 9.49. The van der Waals surface area contributed by atoms with Crippen LogP contribution in [0.25, 0.3) is 0 Å². The van der Waals surface area contributed by atoms with Gasteiger partial charge in [-0.1, -0.05) is 35.5 Å². The molecule has 7 heteroatoms. The van der Waals surface area contributed by atoms with E-state index in [9.17, 15) is 14.7 Å². The van der Waals surface area contributed by atoms with Gasteiger partial charge in [0.15, 0.2) is 6.61 Å². The number of esters is 1. The molecule has 0 aliphatic rings. The smallest absolute Gasteiger partial charge is 0.338 e. The molecule has 2 N–H and O–H groups in total. The van der Waals surface area contributed by atoms with Crippen molar-refractivity contribution in [3.05, 3.63) is 83.4 Å². The van der Waals surface area contributed by atoms with Gasteiger partial charge < -0.3 is 15.2 Å². The Balaban J connectivity index is 1.60. The maximum Gasteiger partial charge on any atom is 0.338 e. The van der Waals surface area contributed by atoms with E-state index in [1.54, 1.807) is 18.2 Å². The van der Waals surface area contributed by atoms with Crippen LogP contribution in [0.5, 0.6) is 5.75 Å². The molecule has 0 saturated carbocycles. The summed E-state index contributed by atoms with van der Waals surface area (Å²) in [5, 5.41) is 12.7. The largest absolute Gasteiger partial charge is 0.508 e. The second kappa shape index (κ2) is 9.30. The van der Waals surface area contributed by atoms with Crippen LogP contribution >= 0.6 is 23.4 Å². The van der Waals surface area contributed by atoms with E-state index >= 15 is 0 Å². The average Bonchev–Trinajstić information content (AvgIpc) is 2.70. The van der Waals surface area contributed by atoms with E-state index in [0.29, 0.717) is 10.7 Å². The molecule has 0 spiro atoms.